The van der Waals surface area contributed by atoms with E-state index in [1.165, 1.54) is 0 Å². The summed E-state index contributed by atoms with van der Waals surface area (Å²) in [5.74, 6) is 0.223. The van der Waals surface area contributed by atoms with Crippen molar-refractivity contribution in [1.82, 2.24) is 0 Å². The van der Waals surface area contributed by atoms with Gasteiger partial charge >= 0.3 is 0 Å². The van der Waals surface area contributed by atoms with Gasteiger partial charge in [-0.05, 0) is 29.3 Å². The fourth-order valence-corrected chi connectivity index (χ4v) is 2.57. The number of benzene rings is 2. The minimum atomic E-state index is -1.29. The van der Waals surface area contributed by atoms with Gasteiger partial charge in [-0.2, -0.15) is 0 Å². The first-order chi connectivity index (χ1) is 10.1. The Morgan fingerprint density at radius 3 is 2.38 bits per heavy atom. The summed E-state index contributed by atoms with van der Waals surface area (Å²) in [6, 6.07) is 14.7. The molecule has 3 nitrogen and oxygen atoms in total. The Balaban J connectivity index is 1.99. The number of aliphatic hydroxyl groups is 2. The smallest absolute Gasteiger partial charge is 0.123 e. The van der Waals surface area contributed by atoms with E-state index in [9.17, 15) is 15.3 Å². The molecule has 2 aromatic carbocycles. The van der Waals surface area contributed by atoms with Gasteiger partial charge < -0.3 is 15.3 Å². The van der Waals surface area contributed by atoms with Crippen molar-refractivity contribution in [2.24, 2.45) is 0 Å². The van der Waals surface area contributed by atoms with Gasteiger partial charge in [0.2, 0.25) is 0 Å². The summed E-state index contributed by atoms with van der Waals surface area (Å²) in [6.07, 6.45) is 4.88. The van der Waals surface area contributed by atoms with Crippen molar-refractivity contribution in [1.29, 1.82) is 0 Å². The van der Waals surface area contributed by atoms with Crippen LogP contribution in [0.5, 0.6) is 5.75 Å². The van der Waals surface area contributed by atoms with Crippen molar-refractivity contribution in [3.05, 3.63) is 78.1 Å². The Bertz CT molecular complexity index is 716. The number of allylic oxidation sites excluding steroid dienone is 2. The summed E-state index contributed by atoms with van der Waals surface area (Å²) >= 11 is 0. The van der Waals surface area contributed by atoms with Gasteiger partial charge in [0.25, 0.3) is 0 Å². The number of hydrogen-bond acceptors (Lipinski definition) is 3. The van der Waals surface area contributed by atoms with Crippen LogP contribution in [0, 0.1) is 0 Å². The van der Waals surface area contributed by atoms with Gasteiger partial charge in [-0.15, -0.1) is 0 Å². The number of phenolic OH excluding ortho intramolecular Hbond substituents is 1. The van der Waals surface area contributed by atoms with Crippen LogP contribution < -0.4 is 0 Å². The molecule has 106 valence electrons. The molecule has 0 aromatic heterocycles. The molecule has 3 rings (SSSR count). The molecule has 0 saturated carbocycles. The largest absolute Gasteiger partial charge is 0.512 e. The zero-order valence-corrected chi connectivity index (χ0v) is 11.4. The Hall–Kier alpha value is -2.52. The predicted molar refractivity (Wildman–Crippen MR) is 81.9 cm³/mol. The van der Waals surface area contributed by atoms with Gasteiger partial charge in [0, 0.05) is 12.0 Å². The standard InChI is InChI=1S/C18H16O3/c19-15-7-4-10-18(21,12-15)14-8-9-16(17(20)11-14)13-5-2-1-3-6-13/h1-11,19-21H,12H2. The van der Waals surface area contributed by atoms with Crippen LogP contribution in [0.2, 0.25) is 0 Å². The summed E-state index contributed by atoms with van der Waals surface area (Å²) < 4.78 is 0. The third kappa shape index (κ3) is 2.56. The first-order valence-corrected chi connectivity index (χ1v) is 6.77. The highest BCUT2D eigenvalue weighted by Gasteiger charge is 2.30. The SMILES string of the molecule is OC1=CC=CC(O)(c2ccc(-c3ccccc3)c(O)c2)C1. The molecule has 0 saturated heterocycles. The number of hydrogen-bond donors (Lipinski definition) is 3. The van der Waals surface area contributed by atoms with Crippen molar-refractivity contribution < 1.29 is 15.3 Å². The second-order valence-corrected chi connectivity index (χ2v) is 5.22. The van der Waals surface area contributed by atoms with Gasteiger partial charge in [-0.3, -0.25) is 0 Å². The fourth-order valence-electron chi connectivity index (χ4n) is 2.57. The van der Waals surface area contributed by atoms with Crippen LogP contribution in [0.1, 0.15) is 12.0 Å². The Morgan fingerprint density at radius 2 is 1.71 bits per heavy atom. The molecule has 0 fully saturated rings. The van der Waals surface area contributed by atoms with Crippen LogP contribution in [0.25, 0.3) is 11.1 Å². The van der Waals surface area contributed by atoms with E-state index in [0.717, 1.165) is 5.56 Å². The van der Waals surface area contributed by atoms with Gasteiger partial charge in [-0.25, -0.2) is 0 Å². The highest BCUT2D eigenvalue weighted by atomic mass is 16.3. The molecular weight excluding hydrogens is 264 g/mol. The fraction of sp³-hybridized carbons (Fsp3) is 0.111. The van der Waals surface area contributed by atoms with E-state index in [2.05, 4.69) is 0 Å². The van der Waals surface area contributed by atoms with Crippen LogP contribution in [0.4, 0.5) is 0 Å². The monoisotopic (exact) mass is 280 g/mol. The van der Waals surface area contributed by atoms with Crippen LogP contribution in [0.3, 0.4) is 0 Å². The van der Waals surface area contributed by atoms with Crippen LogP contribution in [-0.4, -0.2) is 15.3 Å². The zero-order valence-electron chi connectivity index (χ0n) is 11.4. The van der Waals surface area contributed by atoms with Gasteiger partial charge in [0.1, 0.15) is 11.4 Å². The summed E-state index contributed by atoms with van der Waals surface area (Å²) in [6.45, 7) is 0. The predicted octanol–water partition coefficient (Wildman–Crippen LogP) is 3.65. The lowest BCUT2D eigenvalue weighted by molar-refractivity contribution is 0.0750. The molecule has 1 atom stereocenters. The van der Waals surface area contributed by atoms with Crippen LogP contribution >= 0.6 is 0 Å². The van der Waals surface area contributed by atoms with Gasteiger partial charge in [0.15, 0.2) is 0 Å². The molecule has 0 aliphatic heterocycles. The summed E-state index contributed by atoms with van der Waals surface area (Å²) in [5, 5.41) is 30.4. The van der Waals surface area contributed by atoms with E-state index >= 15 is 0 Å². The third-order valence-electron chi connectivity index (χ3n) is 3.69. The maximum Gasteiger partial charge on any atom is 0.123 e. The van der Waals surface area contributed by atoms with Crippen LogP contribution in [-0.2, 0) is 5.60 Å². The van der Waals surface area contributed by atoms with E-state index in [1.807, 2.05) is 30.3 Å². The number of aromatic hydroxyl groups is 1. The lowest BCUT2D eigenvalue weighted by Crippen LogP contribution is -2.25. The lowest BCUT2D eigenvalue weighted by atomic mass is 9.85. The minimum absolute atomic E-state index is 0.105. The molecule has 1 aliphatic rings. The molecule has 3 N–H and O–H groups in total. The molecule has 0 amide bonds. The summed E-state index contributed by atoms with van der Waals surface area (Å²) in [4.78, 5) is 0. The van der Waals surface area contributed by atoms with E-state index in [-0.39, 0.29) is 17.9 Å². The topological polar surface area (TPSA) is 60.7 Å². The normalized spacial score (nSPS) is 21.1. The van der Waals surface area contributed by atoms with E-state index in [0.29, 0.717) is 11.1 Å². The molecule has 0 spiro atoms. The van der Waals surface area contributed by atoms with Crippen LogP contribution in [0.15, 0.2) is 72.5 Å². The van der Waals surface area contributed by atoms with Crippen molar-refractivity contribution in [3.8, 4) is 16.9 Å². The third-order valence-corrected chi connectivity index (χ3v) is 3.69. The highest BCUT2D eigenvalue weighted by molar-refractivity contribution is 5.70. The van der Waals surface area contributed by atoms with E-state index in [1.54, 1.807) is 36.4 Å². The molecule has 0 heterocycles. The molecule has 0 bridgehead atoms. The molecular formula is C18H16O3. The lowest BCUT2D eigenvalue weighted by Gasteiger charge is -2.27. The quantitative estimate of drug-likeness (QED) is 0.787. The molecule has 1 aliphatic carbocycles. The number of aliphatic hydroxyl groups excluding tert-OH is 1. The van der Waals surface area contributed by atoms with E-state index < -0.39 is 5.60 Å². The van der Waals surface area contributed by atoms with Crippen molar-refractivity contribution >= 4 is 0 Å². The molecule has 2 aromatic rings. The van der Waals surface area contributed by atoms with Crippen molar-refractivity contribution in [3.63, 3.8) is 0 Å². The minimum Gasteiger partial charge on any atom is -0.512 e. The molecule has 21 heavy (non-hydrogen) atoms. The zero-order chi connectivity index (χ0) is 14.9. The first kappa shape index (κ1) is 13.5. The maximum atomic E-state index is 10.6. The molecule has 1 unspecified atom stereocenters. The number of phenols is 1. The summed E-state index contributed by atoms with van der Waals surface area (Å²) in [5.41, 5.74) is 0.888. The second kappa shape index (κ2) is 5.11. The Labute approximate surface area is 123 Å². The maximum absolute atomic E-state index is 10.6. The number of rotatable bonds is 2. The Morgan fingerprint density at radius 1 is 0.952 bits per heavy atom. The average Bonchev–Trinajstić information content (AvgIpc) is 2.48. The average molecular weight is 280 g/mol. The van der Waals surface area contributed by atoms with Gasteiger partial charge in [0.05, 0.1) is 5.76 Å². The van der Waals surface area contributed by atoms with Gasteiger partial charge in [-0.1, -0.05) is 48.5 Å². The molecule has 0 radical (unpaired) electrons. The van der Waals surface area contributed by atoms with Crippen molar-refractivity contribution in [2.45, 2.75) is 12.0 Å². The first-order valence-electron chi connectivity index (χ1n) is 6.77. The Kier molecular flexibility index (Phi) is 3.28. The highest BCUT2D eigenvalue weighted by Crippen LogP contribution is 2.37. The molecule has 3 heteroatoms. The van der Waals surface area contributed by atoms with E-state index in [4.69, 9.17) is 0 Å². The second-order valence-electron chi connectivity index (χ2n) is 5.22. The van der Waals surface area contributed by atoms with Crippen molar-refractivity contribution in [2.75, 3.05) is 0 Å². The summed E-state index contributed by atoms with van der Waals surface area (Å²) in [7, 11) is 0.